The highest BCUT2D eigenvalue weighted by Crippen LogP contribution is 2.25. The number of halogens is 4. The standard InChI is InChI=1S/C8H2ClF3N2/c9-6-2-1-5(8(10,11)12)4-14-7(6)3-13/h4,6H. The Labute approximate surface area is 82.7 Å². The van der Waals surface area contributed by atoms with Gasteiger partial charge in [-0.05, 0) is 0 Å². The summed E-state index contributed by atoms with van der Waals surface area (Å²) in [4.78, 5) is 3.29. The summed E-state index contributed by atoms with van der Waals surface area (Å²) in [6, 6.07) is 1.57. The van der Waals surface area contributed by atoms with E-state index in [-0.39, 0.29) is 5.71 Å². The van der Waals surface area contributed by atoms with Crippen molar-refractivity contribution in [2.24, 2.45) is 4.99 Å². The number of nitriles is 1. The van der Waals surface area contributed by atoms with Gasteiger partial charge in [-0.15, -0.1) is 11.6 Å². The molecule has 0 aromatic carbocycles. The summed E-state index contributed by atoms with van der Waals surface area (Å²) in [7, 11) is 0. The first-order valence-electron chi connectivity index (χ1n) is 3.36. The Kier molecular flexibility index (Phi) is 2.83. The van der Waals surface area contributed by atoms with E-state index in [0.717, 1.165) is 0 Å². The van der Waals surface area contributed by atoms with E-state index < -0.39 is 17.1 Å². The summed E-state index contributed by atoms with van der Waals surface area (Å²) in [5, 5.41) is 7.35. The van der Waals surface area contributed by atoms with Gasteiger partial charge in [0.15, 0.2) is 0 Å². The lowest BCUT2D eigenvalue weighted by Gasteiger charge is -2.01. The second kappa shape index (κ2) is 3.73. The van der Waals surface area contributed by atoms with Crippen molar-refractivity contribution in [1.82, 2.24) is 0 Å². The van der Waals surface area contributed by atoms with Crippen LogP contribution >= 0.6 is 11.6 Å². The molecule has 1 unspecified atom stereocenters. The van der Waals surface area contributed by atoms with Gasteiger partial charge in [-0.25, -0.2) is 4.99 Å². The molecule has 2 nitrogen and oxygen atoms in total. The third-order valence-corrected chi connectivity index (χ3v) is 1.64. The van der Waals surface area contributed by atoms with E-state index in [1.807, 2.05) is 5.92 Å². The molecule has 0 aliphatic carbocycles. The maximum absolute atomic E-state index is 12.1. The molecule has 0 radical (unpaired) electrons. The van der Waals surface area contributed by atoms with Crippen LogP contribution in [0.5, 0.6) is 0 Å². The summed E-state index contributed by atoms with van der Waals surface area (Å²) in [5.41, 5.74) is -1.34. The molecule has 1 atom stereocenters. The van der Waals surface area contributed by atoms with Crippen molar-refractivity contribution in [3.8, 4) is 17.9 Å². The van der Waals surface area contributed by atoms with Gasteiger partial charge in [0.25, 0.3) is 0 Å². The van der Waals surface area contributed by atoms with Gasteiger partial charge >= 0.3 is 6.18 Å². The van der Waals surface area contributed by atoms with Gasteiger partial charge in [0.2, 0.25) is 0 Å². The lowest BCUT2D eigenvalue weighted by atomic mass is 10.2. The Morgan fingerprint density at radius 2 is 2.21 bits per heavy atom. The highest BCUT2D eigenvalue weighted by molar-refractivity contribution is 6.37. The molecule has 1 aliphatic heterocycles. The molecule has 0 fully saturated rings. The fourth-order valence-electron chi connectivity index (χ4n) is 0.671. The van der Waals surface area contributed by atoms with Crippen molar-refractivity contribution in [1.29, 1.82) is 5.26 Å². The molecular weight excluding hydrogens is 217 g/mol. The number of alkyl halides is 4. The summed E-state index contributed by atoms with van der Waals surface area (Å²) in [6.07, 6.45) is -4.05. The number of aliphatic imine (C=N–C) groups is 1. The van der Waals surface area contributed by atoms with E-state index in [2.05, 4.69) is 10.9 Å². The van der Waals surface area contributed by atoms with E-state index in [9.17, 15) is 13.2 Å². The number of hydrogen-bond donors (Lipinski definition) is 0. The smallest absolute Gasteiger partial charge is 0.246 e. The summed E-state index contributed by atoms with van der Waals surface area (Å²) in [5.74, 6) is 3.90. The molecule has 0 saturated heterocycles. The van der Waals surface area contributed by atoms with Crippen LogP contribution in [-0.2, 0) is 0 Å². The topological polar surface area (TPSA) is 36.1 Å². The minimum Gasteiger partial charge on any atom is -0.246 e. The van der Waals surface area contributed by atoms with Crippen LogP contribution in [0.4, 0.5) is 13.2 Å². The van der Waals surface area contributed by atoms with Gasteiger partial charge < -0.3 is 0 Å². The Balaban J connectivity index is 3.12. The van der Waals surface area contributed by atoms with Crippen LogP contribution in [0.15, 0.2) is 16.8 Å². The van der Waals surface area contributed by atoms with Crippen LogP contribution in [0.25, 0.3) is 0 Å². The zero-order valence-corrected chi connectivity index (χ0v) is 7.32. The maximum atomic E-state index is 12.1. The molecule has 0 bridgehead atoms. The van der Waals surface area contributed by atoms with Crippen molar-refractivity contribution < 1.29 is 13.2 Å². The van der Waals surface area contributed by atoms with Gasteiger partial charge in [-0.2, -0.15) is 18.4 Å². The van der Waals surface area contributed by atoms with Gasteiger partial charge in [0.05, 0.1) is 0 Å². The molecule has 0 spiro atoms. The van der Waals surface area contributed by atoms with E-state index in [1.54, 1.807) is 6.07 Å². The lowest BCUT2D eigenvalue weighted by Crippen LogP contribution is -2.09. The zero-order chi connectivity index (χ0) is 10.8. The minimum atomic E-state index is -4.56. The molecule has 0 N–H and O–H groups in total. The van der Waals surface area contributed by atoms with Crippen LogP contribution in [0, 0.1) is 23.2 Å². The van der Waals surface area contributed by atoms with E-state index >= 15 is 0 Å². The monoisotopic (exact) mass is 218 g/mol. The van der Waals surface area contributed by atoms with Gasteiger partial charge in [-0.1, -0.05) is 11.8 Å². The van der Waals surface area contributed by atoms with E-state index in [4.69, 9.17) is 16.9 Å². The fourth-order valence-corrected chi connectivity index (χ4v) is 0.831. The van der Waals surface area contributed by atoms with Crippen molar-refractivity contribution in [3.63, 3.8) is 0 Å². The molecule has 72 valence electrons. The van der Waals surface area contributed by atoms with Crippen molar-refractivity contribution in [3.05, 3.63) is 11.8 Å². The average molecular weight is 219 g/mol. The predicted molar refractivity (Wildman–Crippen MR) is 44.6 cm³/mol. The zero-order valence-electron chi connectivity index (χ0n) is 6.56. The number of nitrogens with zero attached hydrogens (tertiary/aromatic N) is 2. The van der Waals surface area contributed by atoms with Crippen molar-refractivity contribution in [2.45, 2.75) is 11.6 Å². The molecule has 0 aromatic rings. The highest BCUT2D eigenvalue weighted by Gasteiger charge is 2.33. The van der Waals surface area contributed by atoms with Crippen LogP contribution in [0.2, 0.25) is 0 Å². The maximum Gasteiger partial charge on any atom is 0.425 e. The minimum absolute atomic E-state index is 0.238. The first kappa shape index (κ1) is 10.6. The van der Waals surface area contributed by atoms with Crippen molar-refractivity contribution >= 4 is 17.3 Å². The molecule has 0 amide bonds. The SMILES string of the molecule is N#CC1=NC=C(C(F)(F)F)C#CC1Cl. The molecule has 1 aliphatic rings. The Hall–Kier alpha value is -1.46. The highest BCUT2D eigenvalue weighted by atomic mass is 35.5. The quantitative estimate of drug-likeness (QED) is 0.453. The largest absolute Gasteiger partial charge is 0.425 e. The number of allylic oxidation sites excluding steroid dienone is 1. The second-order valence-corrected chi connectivity index (χ2v) is 2.74. The van der Waals surface area contributed by atoms with Crippen LogP contribution in [0.1, 0.15) is 0 Å². The Bertz CT molecular complexity index is 403. The Morgan fingerprint density at radius 1 is 1.57 bits per heavy atom. The fraction of sp³-hybridized carbons (Fsp3) is 0.250. The third-order valence-electron chi connectivity index (χ3n) is 1.33. The van der Waals surface area contributed by atoms with Crippen LogP contribution in [-0.4, -0.2) is 17.3 Å². The van der Waals surface area contributed by atoms with Gasteiger partial charge in [0.1, 0.15) is 22.7 Å². The summed E-state index contributed by atoms with van der Waals surface area (Å²) < 4.78 is 36.3. The second-order valence-electron chi connectivity index (χ2n) is 2.30. The average Bonchev–Trinajstić information content (AvgIpc) is 2.25. The lowest BCUT2D eigenvalue weighted by molar-refractivity contribution is -0.0873. The van der Waals surface area contributed by atoms with E-state index in [0.29, 0.717) is 6.20 Å². The molecule has 6 heteroatoms. The first-order chi connectivity index (χ1) is 6.45. The van der Waals surface area contributed by atoms with Gasteiger partial charge in [-0.3, -0.25) is 0 Å². The summed E-state index contributed by atoms with van der Waals surface area (Å²) in [6.45, 7) is 0. The molecular formula is C8H2ClF3N2. The van der Waals surface area contributed by atoms with Crippen LogP contribution < -0.4 is 0 Å². The molecule has 1 heterocycles. The van der Waals surface area contributed by atoms with Crippen molar-refractivity contribution in [2.75, 3.05) is 0 Å². The first-order valence-corrected chi connectivity index (χ1v) is 3.79. The molecule has 0 aromatic heterocycles. The van der Waals surface area contributed by atoms with E-state index in [1.165, 1.54) is 0 Å². The Morgan fingerprint density at radius 3 is 2.71 bits per heavy atom. The number of rotatable bonds is 0. The molecule has 1 rings (SSSR count). The van der Waals surface area contributed by atoms with Crippen LogP contribution in [0.3, 0.4) is 0 Å². The van der Waals surface area contributed by atoms with Gasteiger partial charge in [0, 0.05) is 6.20 Å². The predicted octanol–water partition coefficient (Wildman–Crippen LogP) is 2.02. The number of hydrogen-bond acceptors (Lipinski definition) is 2. The normalized spacial score (nSPS) is 20.9. The third kappa shape index (κ3) is 2.27. The molecule has 14 heavy (non-hydrogen) atoms. The molecule has 0 saturated carbocycles. The summed E-state index contributed by atoms with van der Waals surface area (Å²) >= 11 is 5.48.